The van der Waals surface area contributed by atoms with Gasteiger partial charge in [0.15, 0.2) is 0 Å². The molecule has 0 aromatic heterocycles. The Kier molecular flexibility index (Phi) is 3.38. The fourth-order valence-corrected chi connectivity index (χ4v) is 2.20. The van der Waals surface area contributed by atoms with Gasteiger partial charge in [-0.3, -0.25) is 9.59 Å². The van der Waals surface area contributed by atoms with Crippen molar-refractivity contribution in [2.45, 2.75) is 32.3 Å². The Morgan fingerprint density at radius 1 is 1.39 bits per heavy atom. The van der Waals surface area contributed by atoms with Crippen molar-refractivity contribution in [1.82, 2.24) is 9.91 Å². The Balaban J connectivity index is 2.08. The van der Waals surface area contributed by atoms with Crippen molar-refractivity contribution in [3.05, 3.63) is 0 Å². The maximum absolute atomic E-state index is 12.3. The van der Waals surface area contributed by atoms with Gasteiger partial charge in [0.1, 0.15) is 5.71 Å². The molecule has 1 saturated heterocycles. The Labute approximate surface area is 107 Å². The molecule has 0 spiro atoms. The fraction of sp³-hybridized carbons (Fsp3) is 0.750. The Bertz CT molecular complexity index is 403. The summed E-state index contributed by atoms with van der Waals surface area (Å²) in [4.78, 5) is 25.4. The minimum Gasteiger partial charge on any atom is -0.372 e. The summed E-state index contributed by atoms with van der Waals surface area (Å²) in [6.45, 7) is 5.61. The number of hydrazone groups is 1. The number of nitrogens with zero attached hydrogens (tertiary/aromatic N) is 3. The Morgan fingerprint density at radius 3 is 2.72 bits per heavy atom. The molecule has 2 heterocycles. The lowest BCUT2D eigenvalue weighted by molar-refractivity contribution is -0.139. The summed E-state index contributed by atoms with van der Waals surface area (Å²) >= 11 is 0. The number of ether oxygens (including phenoxy) is 1. The van der Waals surface area contributed by atoms with E-state index in [1.165, 1.54) is 5.01 Å². The van der Waals surface area contributed by atoms with Gasteiger partial charge < -0.3 is 9.64 Å². The second-order valence-electron chi connectivity index (χ2n) is 5.30. The average Bonchev–Trinajstić information content (AvgIpc) is 2.30. The largest absolute Gasteiger partial charge is 0.372 e. The van der Waals surface area contributed by atoms with E-state index in [0.717, 1.165) is 0 Å². The first kappa shape index (κ1) is 13.0. The van der Waals surface area contributed by atoms with Crippen LogP contribution in [0.15, 0.2) is 5.10 Å². The molecule has 0 radical (unpaired) electrons. The molecule has 2 aliphatic heterocycles. The normalized spacial score (nSPS) is 23.9. The number of carbonyl (C=O) groups is 2. The fourth-order valence-electron chi connectivity index (χ4n) is 2.20. The SMILES string of the molecule is CN1N=C(C(=O)N2CCOC(C)(C)C2)CCC1=O. The molecule has 18 heavy (non-hydrogen) atoms. The third kappa shape index (κ3) is 2.69. The zero-order valence-electron chi connectivity index (χ0n) is 11.1. The third-order valence-corrected chi connectivity index (χ3v) is 3.17. The second-order valence-corrected chi connectivity index (χ2v) is 5.30. The van der Waals surface area contributed by atoms with Crippen molar-refractivity contribution in [3.8, 4) is 0 Å². The van der Waals surface area contributed by atoms with Crippen LogP contribution in [-0.2, 0) is 14.3 Å². The van der Waals surface area contributed by atoms with E-state index in [4.69, 9.17) is 4.74 Å². The summed E-state index contributed by atoms with van der Waals surface area (Å²) in [5.74, 6) is -0.125. The predicted molar refractivity (Wildman–Crippen MR) is 66.1 cm³/mol. The molecular weight excluding hydrogens is 234 g/mol. The smallest absolute Gasteiger partial charge is 0.270 e. The molecule has 100 valence electrons. The highest BCUT2D eigenvalue weighted by molar-refractivity contribution is 6.39. The first-order chi connectivity index (χ1) is 8.39. The molecule has 2 aliphatic rings. The average molecular weight is 253 g/mol. The van der Waals surface area contributed by atoms with Gasteiger partial charge in [0.25, 0.3) is 5.91 Å². The van der Waals surface area contributed by atoms with Crippen LogP contribution < -0.4 is 0 Å². The first-order valence-electron chi connectivity index (χ1n) is 6.16. The number of carbonyl (C=O) groups excluding carboxylic acids is 2. The van der Waals surface area contributed by atoms with Crippen molar-refractivity contribution < 1.29 is 14.3 Å². The summed E-state index contributed by atoms with van der Waals surface area (Å²) in [5.41, 5.74) is 0.153. The molecule has 0 aromatic rings. The van der Waals surface area contributed by atoms with Crippen LogP contribution in [-0.4, -0.2) is 59.8 Å². The van der Waals surface area contributed by atoms with Gasteiger partial charge in [0.05, 0.1) is 12.2 Å². The van der Waals surface area contributed by atoms with E-state index in [1.807, 2.05) is 13.8 Å². The molecule has 2 amide bonds. The lowest BCUT2D eigenvalue weighted by atomic mass is 10.1. The quantitative estimate of drug-likeness (QED) is 0.672. The van der Waals surface area contributed by atoms with E-state index in [2.05, 4.69) is 5.10 Å². The van der Waals surface area contributed by atoms with Crippen LogP contribution in [0.3, 0.4) is 0 Å². The highest BCUT2D eigenvalue weighted by atomic mass is 16.5. The predicted octanol–water partition coefficient (Wildman–Crippen LogP) is 0.232. The van der Waals surface area contributed by atoms with Gasteiger partial charge in [-0.25, -0.2) is 5.01 Å². The van der Waals surface area contributed by atoms with Crippen LogP contribution in [0.4, 0.5) is 0 Å². The van der Waals surface area contributed by atoms with E-state index in [9.17, 15) is 9.59 Å². The van der Waals surface area contributed by atoms with Crippen molar-refractivity contribution in [1.29, 1.82) is 0 Å². The number of morpholine rings is 1. The molecule has 0 atom stereocenters. The molecule has 0 aliphatic carbocycles. The maximum Gasteiger partial charge on any atom is 0.270 e. The van der Waals surface area contributed by atoms with Gasteiger partial charge in [-0.15, -0.1) is 0 Å². The van der Waals surface area contributed by atoms with Crippen molar-refractivity contribution in [2.75, 3.05) is 26.7 Å². The van der Waals surface area contributed by atoms with Gasteiger partial charge >= 0.3 is 0 Å². The summed E-state index contributed by atoms with van der Waals surface area (Å²) in [5, 5.41) is 5.31. The van der Waals surface area contributed by atoms with Gasteiger partial charge in [-0.05, 0) is 13.8 Å². The number of hydrogen-bond acceptors (Lipinski definition) is 4. The molecule has 0 unspecified atom stereocenters. The summed E-state index contributed by atoms with van der Waals surface area (Å²) in [6, 6.07) is 0. The van der Waals surface area contributed by atoms with Crippen LogP contribution in [0.5, 0.6) is 0 Å². The molecule has 0 aromatic carbocycles. The molecule has 2 rings (SSSR count). The van der Waals surface area contributed by atoms with E-state index < -0.39 is 0 Å². The van der Waals surface area contributed by atoms with E-state index in [0.29, 0.717) is 38.2 Å². The number of rotatable bonds is 1. The highest BCUT2D eigenvalue weighted by Crippen LogP contribution is 2.18. The van der Waals surface area contributed by atoms with Gasteiger partial charge in [0, 0.05) is 33.0 Å². The topological polar surface area (TPSA) is 62.2 Å². The zero-order chi connectivity index (χ0) is 13.3. The summed E-state index contributed by atoms with van der Waals surface area (Å²) in [6.07, 6.45) is 0.786. The molecule has 0 N–H and O–H groups in total. The molecule has 0 bridgehead atoms. The van der Waals surface area contributed by atoms with Crippen molar-refractivity contribution >= 4 is 17.5 Å². The van der Waals surface area contributed by atoms with Gasteiger partial charge in [-0.1, -0.05) is 0 Å². The second kappa shape index (κ2) is 4.68. The first-order valence-corrected chi connectivity index (χ1v) is 6.16. The molecule has 1 fully saturated rings. The maximum atomic E-state index is 12.3. The van der Waals surface area contributed by atoms with E-state index >= 15 is 0 Å². The van der Waals surface area contributed by atoms with Crippen LogP contribution in [0, 0.1) is 0 Å². The monoisotopic (exact) mass is 253 g/mol. The lowest BCUT2D eigenvalue weighted by Gasteiger charge is -2.38. The number of hydrogen-bond donors (Lipinski definition) is 0. The Hall–Kier alpha value is -1.43. The van der Waals surface area contributed by atoms with Crippen LogP contribution in [0.25, 0.3) is 0 Å². The number of amides is 2. The minimum atomic E-state index is -0.315. The van der Waals surface area contributed by atoms with Crippen LogP contribution in [0.1, 0.15) is 26.7 Å². The third-order valence-electron chi connectivity index (χ3n) is 3.17. The summed E-state index contributed by atoms with van der Waals surface area (Å²) < 4.78 is 5.57. The molecular formula is C12H19N3O3. The zero-order valence-corrected chi connectivity index (χ0v) is 11.1. The summed E-state index contributed by atoms with van der Waals surface area (Å²) in [7, 11) is 1.58. The molecule has 6 heteroatoms. The van der Waals surface area contributed by atoms with Gasteiger partial charge in [0.2, 0.25) is 5.91 Å². The Morgan fingerprint density at radius 2 is 2.11 bits per heavy atom. The van der Waals surface area contributed by atoms with Crippen LogP contribution in [0.2, 0.25) is 0 Å². The van der Waals surface area contributed by atoms with E-state index in [-0.39, 0.29) is 17.4 Å². The van der Waals surface area contributed by atoms with E-state index in [1.54, 1.807) is 11.9 Å². The lowest BCUT2D eigenvalue weighted by Crippen LogP contribution is -2.53. The molecule has 0 saturated carbocycles. The molecule has 6 nitrogen and oxygen atoms in total. The van der Waals surface area contributed by atoms with Crippen molar-refractivity contribution in [3.63, 3.8) is 0 Å². The minimum absolute atomic E-state index is 0.0474. The van der Waals surface area contributed by atoms with Gasteiger partial charge in [-0.2, -0.15) is 5.10 Å². The van der Waals surface area contributed by atoms with Crippen molar-refractivity contribution in [2.24, 2.45) is 5.10 Å². The highest BCUT2D eigenvalue weighted by Gasteiger charge is 2.33. The van der Waals surface area contributed by atoms with Crippen LogP contribution >= 0.6 is 0 Å². The standard InChI is InChI=1S/C12H19N3O3/c1-12(2)8-15(6-7-18-12)11(17)9-4-5-10(16)14(3)13-9/h4-8H2,1-3H3.